The van der Waals surface area contributed by atoms with Crippen LogP contribution in [0.4, 0.5) is 0 Å². The van der Waals surface area contributed by atoms with Crippen molar-refractivity contribution in [2.75, 3.05) is 6.61 Å². The number of carbonyl (C=O) groups is 1. The average Bonchev–Trinajstić information content (AvgIpc) is 2.40. The molecule has 6 nitrogen and oxygen atoms in total. The predicted molar refractivity (Wildman–Crippen MR) is 71.0 cm³/mol. The first kappa shape index (κ1) is 14.0. The maximum Gasteiger partial charge on any atom is 0.354 e. The quantitative estimate of drug-likeness (QED) is 0.863. The number of aromatic carboxylic acids is 1. The minimum absolute atomic E-state index is 0.00454. The second kappa shape index (κ2) is 6.12. The lowest BCUT2D eigenvalue weighted by molar-refractivity contribution is 0.0689. The van der Waals surface area contributed by atoms with Crippen LogP contribution in [0, 0.1) is 6.92 Å². The number of aromatic nitrogens is 2. The minimum Gasteiger partial charge on any atom is -0.477 e. The Morgan fingerprint density at radius 1 is 1.30 bits per heavy atom. The van der Waals surface area contributed by atoms with E-state index < -0.39 is 5.97 Å². The highest BCUT2D eigenvalue weighted by atomic mass is 16.5. The lowest BCUT2D eigenvalue weighted by Crippen LogP contribution is -2.05. The van der Waals surface area contributed by atoms with Gasteiger partial charge in [0.05, 0.1) is 0 Å². The van der Waals surface area contributed by atoms with E-state index in [1.165, 1.54) is 6.07 Å². The van der Waals surface area contributed by atoms with Crippen molar-refractivity contribution in [2.45, 2.75) is 13.3 Å². The molecular weight excluding hydrogens is 260 g/mol. The van der Waals surface area contributed by atoms with Gasteiger partial charge in [-0.15, -0.1) is 0 Å². The summed E-state index contributed by atoms with van der Waals surface area (Å²) in [6.45, 7) is 1.66. The maximum atomic E-state index is 10.9. The zero-order chi connectivity index (χ0) is 14.5. The summed E-state index contributed by atoms with van der Waals surface area (Å²) in [4.78, 5) is 18.8. The summed E-state index contributed by atoms with van der Waals surface area (Å²) in [5.41, 5.74) is 1.19. The van der Waals surface area contributed by atoms with Gasteiger partial charge in [-0.05, 0) is 31.0 Å². The topological polar surface area (TPSA) is 92.5 Å². The van der Waals surface area contributed by atoms with E-state index in [2.05, 4.69) is 9.97 Å². The molecule has 1 aromatic heterocycles. The van der Waals surface area contributed by atoms with Crippen LogP contribution in [0.15, 0.2) is 30.3 Å². The number of hydrogen-bond acceptors (Lipinski definition) is 5. The van der Waals surface area contributed by atoms with Gasteiger partial charge in [0.15, 0.2) is 5.69 Å². The van der Waals surface area contributed by atoms with Crippen LogP contribution in [0.25, 0.3) is 0 Å². The molecular formula is C14H14N2O4. The smallest absolute Gasteiger partial charge is 0.354 e. The summed E-state index contributed by atoms with van der Waals surface area (Å²) in [6, 6.07) is 8.50. The van der Waals surface area contributed by atoms with E-state index in [1.54, 1.807) is 19.1 Å². The van der Waals surface area contributed by atoms with Gasteiger partial charge < -0.3 is 14.9 Å². The van der Waals surface area contributed by atoms with Crippen LogP contribution in [0.5, 0.6) is 11.8 Å². The van der Waals surface area contributed by atoms with E-state index in [0.29, 0.717) is 17.9 Å². The number of aliphatic hydroxyl groups excluding tert-OH is 1. The Morgan fingerprint density at radius 3 is 2.75 bits per heavy atom. The van der Waals surface area contributed by atoms with Crippen molar-refractivity contribution in [3.63, 3.8) is 0 Å². The van der Waals surface area contributed by atoms with Crippen LogP contribution >= 0.6 is 0 Å². The first-order valence-corrected chi connectivity index (χ1v) is 6.05. The van der Waals surface area contributed by atoms with Crippen molar-refractivity contribution in [1.29, 1.82) is 0 Å². The summed E-state index contributed by atoms with van der Waals surface area (Å²) in [7, 11) is 0. The van der Waals surface area contributed by atoms with Crippen molar-refractivity contribution >= 4 is 5.97 Å². The van der Waals surface area contributed by atoms with Gasteiger partial charge in [0.25, 0.3) is 0 Å². The molecule has 1 heterocycles. The second-order valence-electron chi connectivity index (χ2n) is 4.17. The number of hydrogen-bond donors (Lipinski definition) is 2. The largest absolute Gasteiger partial charge is 0.477 e. The molecule has 0 saturated carbocycles. The molecule has 2 rings (SSSR count). The molecule has 0 aliphatic rings. The number of carboxylic acids is 1. The van der Waals surface area contributed by atoms with E-state index in [4.69, 9.17) is 14.9 Å². The van der Waals surface area contributed by atoms with Gasteiger partial charge in [0, 0.05) is 12.3 Å². The van der Waals surface area contributed by atoms with E-state index >= 15 is 0 Å². The van der Waals surface area contributed by atoms with Crippen molar-refractivity contribution in [2.24, 2.45) is 0 Å². The lowest BCUT2D eigenvalue weighted by atomic mass is 10.1. The highest BCUT2D eigenvalue weighted by Crippen LogP contribution is 2.23. The number of ether oxygens (including phenoxy) is 1. The molecule has 2 N–H and O–H groups in total. The van der Waals surface area contributed by atoms with Gasteiger partial charge in [-0.3, -0.25) is 0 Å². The molecule has 0 radical (unpaired) electrons. The number of benzene rings is 1. The summed E-state index contributed by atoms with van der Waals surface area (Å²) in [5, 5.41) is 18.0. The molecule has 0 unspecified atom stereocenters. The Morgan fingerprint density at radius 2 is 2.05 bits per heavy atom. The zero-order valence-corrected chi connectivity index (χ0v) is 10.9. The molecule has 0 fully saturated rings. The number of aryl methyl sites for hydroxylation is 1. The summed E-state index contributed by atoms with van der Waals surface area (Å²) < 4.78 is 5.54. The first-order chi connectivity index (χ1) is 9.60. The highest BCUT2D eigenvalue weighted by Gasteiger charge is 2.11. The van der Waals surface area contributed by atoms with Crippen molar-refractivity contribution < 1.29 is 19.7 Å². The standard InChI is InChI=1S/C14H14N2O4/c1-9-8-11(13(18)19)16-14(15-9)20-12-5-3-2-4-10(12)6-7-17/h2-5,8,17H,6-7H2,1H3,(H,18,19). The molecule has 0 aliphatic heterocycles. The van der Waals surface area contributed by atoms with Crippen LogP contribution in [0.1, 0.15) is 21.7 Å². The second-order valence-corrected chi connectivity index (χ2v) is 4.17. The van der Waals surface area contributed by atoms with Gasteiger partial charge >= 0.3 is 12.0 Å². The molecule has 0 amide bonds. The molecule has 20 heavy (non-hydrogen) atoms. The van der Waals surface area contributed by atoms with Crippen LogP contribution in [-0.4, -0.2) is 32.8 Å². The van der Waals surface area contributed by atoms with E-state index in [9.17, 15) is 4.79 Å². The number of aliphatic hydroxyl groups is 1. The molecule has 0 bridgehead atoms. The zero-order valence-electron chi connectivity index (χ0n) is 10.9. The van der Waals surface area contributed by atoms with Crippen LogP contribution in [0.2, 0.25) is 0 Å². The Hall–Kier alpha value is -2.47. The van der Waals surface area contributed by atoms with E-state index in [1.807, 2.05) is 12.1 Å². The third-order valence-electron chi connectivity index (χ3n) is 2.61. The van der Waals surface area contributed by atoms with Gasteiger partial charge in [0.1, 0.15) is 5.75 Å². The molecule has 0 atom stereocenters. The number of rotatable bonds is 5. The summed E-state index contributed by atoms with van der Waals surface area (Å²) >= 11 is 0. The van der Waals surface area contributed by atoms with E-state index in [0.717, 1.165) is 5.56 Å². The Bertz CT molecular complexity index is 628. The summed E-state index contributed by atoms with van der Waals surface area (Å²) in [6.07, 6.45) is 0.438. The number of nitrogens with zero attached hydrogens (tertiary/aromatic N) is 2. The molecule has 0 saturated heterocycles. The van der Waals surface area contributed by atoms with Crippen LogP contribution in [-0.2, 0) is 6.42 Å². The highest BCUT2D eigenvalue weighted by molar-refractivity contribution is 5.85. The van der Waals surface area contributed by atoms with Gasteiger partial charge in [-0.1, -0.05) is 18.2 Å². The normalized spacial score (nSPS) is 10.3. The lowest BCUT2D eigenvalue weighted by Gasteiger charge is -2.09. The fraction of sp³-hybridized carbons (Fsp3) is 0.214. The molecule has 2 aromatic rings. The molecule has 104 valence electrons. The molecule has 0 spiro atoms. The third kappa shape index (κ3) is 3.30. The Balaban J connectivity index is 2.32. The van der Waals surface area contributed by atoms with E-state index in [-0.39, 0.29) is 18.3 Å². The number of para-hydroxylation sites is 1. The molecule has 1 aromatic carbocycles. The fourth-order valence-electron chi connectivity index (χ4n) is 1.73. The minimum atomic E-state index is -1.14. The van der Waals surface area contributed by atoms with Crippen LogP contribution < -0.4 is 4.74 Å². The number of carboxylic acid groups (broad SMARTS) is 1. The van der Waals surface area contributed by atoms with Crippen molar-refractivity contribution in [3.05, 3.63) is 47.3 Å². The SMILES string of the molecule is Cc1cc(C(=O)O)nc(Oc2ccccc2CCO)n1. The maximum absolute atomic E-state index is 10.9. The van der Waals surface area contributed by atoms with Crippen LogP contribution in [0.3, 0.4) is 0 Å². The summed E-state index contributed by atoms with van der Waals surface area (Å²) in [5.74, 6) is -0.632. The van der Waals surface area contributed by atoms with Gasteiger partial charge in [-0.2, -0.15) is 4.98 Å². The Kier molecular flexibility index (Phi) is 4.27. The predicted octanol–water partition coefficient (Wildman–Crippen LogP) is 1.81. The Labute approximate surface area is 115 Å². The molecule has 0 aliphatic carbocycles. The van der Waals surface area contributed by atoms with Gasteiger partial charge in [0.2, 0.25) is 0 Å². The monoisotopic (exact) mass is 274 g/mol. The van der Waals surface area contributed by atoms with Gasteiger partial charge in [-0.25, -0.2) is 9.78 Å². The first-order valence-electron chi connectivity index (χ1n) is 6.05. The van der Waals surface area contributed by atoms with Crippen molar-refractivity contribution in [3.8, 4) is 11.8 Å². The average molecular weight is 274 g/mol. The van der Waals surface area contributed by atoms with Crippen molar-refractivity contribution in [1.82, 2.24) is 9.97 Å². The fourth-order valence-corrected chi connectivity index (χ4v) is 1.73. The molecule has 6 heteroatoms. The third-order valence-corrected chi connectivity index (χ3v) is 2.61.